The van der Waals surface area contributed by atoms with Crippen molar-refractivity contribution in [1.82, 2.24) is 4.90 Å². The first-order valence-electron chi connectivity index (χ1n) is 8.95. The van der Waals surface area contributed by atoms with Crippen molar-refractivity contribution < 1.29 is 14.3 Å². The summed E-state index contributed by atoms with van der Waals surface area (Å²) in [6, 6.07) is 13.1. The number of hydrogen-bond acceptors (Lipinski definition) is 4. The molecule has 0 spiro atoms. The Morgan fingerprint density at radius 3 is 2.19 bits per heavy atom. The van der Waals surface area contributed by atoms with E-state index in [4.69, 9.17) is 4.74 Å². The molecule has 0 unspecified atom stereocenters. The molecule has 144 valence electrons. The molecule has 0 saturated heterocycles. The van der Waals surface area contributed by atoms with Gasteiger partial charge in [-0.1, -0.05) is 36.8 Å². The van der Waals surface area contributed by atoms with Crippen LogP contribution in [0.2, 0.25) is 0 Å². The Morgan fingerprint density at radius 1 is 0.963 bits per heavy atom. The third-order valence-electron chi connectivity index (χ3n) is 4.22. The first-order valence-corrected chi connectivity index (χ1v) is 8.95. The monoisotopic (exact) mass is 369 g/mol. The van der Waals surface area contributed by atoms with Crippen molar-refractivity contribution >= 4 is 23.2 Å². The lowest BCUT2D eigenvalue weighted by Gasteiger charge is -2.20. The van der Waals surface area contributed by atoms with E-state index in [1.165, 1.54) is 0 Å². The van der Waals surface area contributed by atoms with E-state index >= 15 is 0 Å². The number of amides is 2. The predicted molar refractivity (Wildman–Crippen MR) is 108 cm³/mol. The van der Waals surface area contributed by atoms with Gasteiger partial charge < -0.3 is 15.4 Å². The zero-order valence-electron chi connectivity index (χ0n) is 16.3. The van der Waals surface area contributed by atoms with Crippen molar-refractivity contribution in [2.45, 2.75) is 20.8 Å². The molecule has 0 bridgehead atoms. The topological polar surface area (TPSA) is 70.7 Å². The maximum atomic E-state index is 12.4. The average Bonchev–Trinajstić information content (AvgIpc) is 2.64. The zero-order chi connectivity index (χ0) is 19.8. The number of aryl methyl sites for hydroxylation is 2. The van der Waals surface area contributed by atoms with Crippen LogP contribution < -0.4 is 15.4 Å². The minimum absolute atomic E-state index is 0.120. The maximum Gasteiger partial charge on any atom is 0.238 e. The van der Waals surface area contributed by atoms with Gasteiger partial charge in [0, 0.05) is 5.69 Å². The number of nitrogens with zero attached hydrogens (tertiary/aromatic N) is 1. The summed E-state index contributed by atoms with van der Waals surface area (Å²) >= 11 is 0. The predicted octanol–water partition coefficient (Wildman–Crippen LogP) is 3.21. The van der Waals surface area contributed by atoms with Gasteiger partial charge in [-0.2, -0.15) is 0 Å². The van der Waals surface area contributed by atoms with E-state index in [1.807, 2.05) is 51.1 Å². The van der Waals surface area contributed by atoms with E-state index < -0.39 is 0 Å². The van der Waals surface area contributed by atoms with Gasteiger partial charge in [-0.25, -0.2) is 0 Å². The lowest BCUT2D eigenvalue weighted by atomic mass is 10.1. The molecule has 2 aromatic rings. The fraction of sp³-hybridized carbons (Fsp3) is 0.333. The Morgan fingerprint density at radius 2 is 1.59 bits per heavy atom. The molecular formula is C21H27N3O3. The average molecular weight is 369 g/mol. The molecule has 0 aliphatic heterocycles. The van der Waals surface area contributed by atoms with E-state index in [0.29, 0.717) is 18.0 Å². The number of likely N-dealkylation sites (N-methyl/N-ethyl adjacent to an activating group) is 1. The summed E-state index contributed by atoms with van der Waals surface area (Å²) < 4.78 is 5.24. The molecule has 0 fully saturated rings. The van der Waals surface area contributed by atoms with Crippen molar-refractivity contribution in [3.05, 3.63) is 53.6 Å². The number of hydrogen-bond donors (Lipinski definition) is 2. The van der Waals surface area contributed by atoms with Crippen LogP contribution in [0.1, 0.15) is 18.1 Å². The molecule has 0 atom stereocenters. The highest BCUT2D eigenvalue weighted by Crippen LogP contribution is 2.22. The molecule has 0 aliphatic rings. The molecule has 0 aromatic heterocycles. The molecule has 27 heavy (non-hydrogen) atoms. The van der Waals surface area contributed by atoms with Crippen LogP contribution in [0.25, 0.3) is 0 Å². The van der Waals surface area contributed by atoms with Crippen molar-refractivity contribution in [1.29, 1.82) is 0 Å². The summed E-state index contributed by atoms with van der Waals surface area (Å²) in [7, 11) is 1.56. The van der Waals surface area contributed by atoms with E-state index in [-0.39, 0.29) is 24.9 Å². The van der Waals surface area contributed by atoms with Crippen LogP contribution in [0.3, 0.4) is 0 Å². The molecule has 2 N–H and O–H groups in total. The highest BCUT2D eigenvalue weighted by Gasteiger charge is 2.15. The number of methoxy groups -OCH3 is 1. The summed E-state index contributed by atoms with van der Waals surface area (Å²) in [5.74, 6) is 0.260. The number of nitrogens with one attached hydrogen (secondary N) is 2. The van der Waals surface area contributed by atoms with E-state index in [0.717, 1.165) is 16.8 Å². The molecule has 6 heteroatoms. The fourth-order valence-corrected chi connectivity index (χ4v) is 2.77. The van der Waals surface area contributed by atoms with Crippen LogP contribution in [0.15, 0.2) is 42.5 Å². The SMILES string of the molecule is CCN(CC(=O)Nc1ccc(C)cc1C)CC(=O)Nc1ccccc1OC. The standard InChI is InChI=1S/C21H27N3O3/c1-5-24(13-20(25)22-17-11-10-15(2)12-16(17)3)14-21(26)23-18-8-6-7-9-19(18)27-4/h6-12H,5,13-14H2,1-4H3,(H,22,25)(H,23,26). The van der Waals surface area contributed by atoms with Crippen LogP contribution in [0, 0.1) is 13.8 Å². The first-order chi connectivity index (χ1) is 12.9. The number of carbonyl (C=O) groups is 2. The molecule has 6 nitrogen and oxygen atoms in total. The molecule has 0 radical (unpaired) electrons. The fourth-order valence-electron chi connectivity index (χ4n) is 2.77. The molecule has 0 aliphatic carbocycles. The lowest BCUT2D eigenvalue weighted by Crippen LogP contribution is -2.38. The third kappa shape index (κ3) is 6.11. The molecular weight excluding hydrogens is 342 g/mol. The van der Waals surface area contributed by atoms with Gasteiger partial charge in [0.2, 0.25) is 11.8 Å². The van der Waals surface area contributed by atoms with Gasteiger partial charge in [0.15, 0.2) is 0 Å². The Kier molecular flexibility index (Phi) is 7.37. The van der Waals surface area contributed by atoms with Crippen molar-refractivity contribution in [2.75, 3.05) is 37.4 Å². The minimum Gasteiger partial charge on any atom is -0.495 e. The molecule has 2 rings (SSSR count). The van der Waals surface area contributed by atoms with Gasteiger partial charge in [0.05, 0.1) is 25.9 Å². The second kappa shape index (κ2) is 9.73. The Balaban J connectivity index is 1.92. The second-order valence-corrected chi connectivity index (χ2v) is 6.42. The number of carbonyl (C=O) groups excluding carboxylic acids is 2. The third-order valence-corrected chi connectivity index (χ3v) is 4.22. The number of rotatable bonds is 8. The largest absolute Gasteiger partial charge is 0.495 e. The lowest BCUT2D eigenvalue weighted by molar-refractivity contribution is -0.119. The molecule has 2 aromatic carbocycles. The van der Waals surface area contributed by atoms with Crippen LogP contribution >= 0.6 is 0 Å². The van der Waals surface area contributed by atoms with Gasteiger partial charge in [0.1, 0.15) is 5.75 Å². The molecule has 2 amide bonds. The van der Waals surface area contributed by atoms with Gasteiger partial charge in [0.25, 0.3) is 0 Å². The van der Waals surface area contributed by atoms with Gasteiger partial charge >= 0.3 is 0 Å². The van der Waals surface area contributed by atoms with E-state index in [2.05, 4.69) is 10.6 Å². The van der Waals surface area contributed by atoms with Gasteiger partial charge in [-0.15, -0.1) is 0 Å². The minimum atomic E-state index is -0.194. The Labute approximate surface area is 160 Å². The van der Waals surface area contributed by atoms with Crippen LogP contribution in [0.4, 0.5) is 11.4 Å². The van der Waals surface area contributed by atoms with Gasteiger partial charge in [-0.3, -0.25) is 14.5 Å². The molecule has 0 saturated carbocycles. The summed E-state index contributed by atoms with van der Waals surface area (Å²) in [6.07, 6.45) is 0. The van der Waals surface area contributed by atoms with Crippen LogP contribution in [0.5, 0.6) is 5.75 Å². The van der Waals surface area contributed by atoms with E-state index in [9.17, 15) is 9.59 Å². The highest BCUT2D eigenvalue weighted by atomic mass is 16.5. The summed E-state index contributed by atoms with van der Waals surface area (Å²) in [6.45, 7) is 6.73. The number of para-hydroxylation sites is 2. The molecule has 0 heterocycles. The number of benzene rings is 2. The van der Waals surface area contributed by atoms with Crippen molar-refractivity contribution in [2.24, 2.45) is 0 Å². The normalized spacial score (nSPS) is 10.6. The zero-order valence-corrected chi connectivity index (χ0v) is 16.3. The summed E-state index contributed by atoms with van der Waals surface area (Å²) in [5.41, 5.74) is 3.56. The van der Waals surface area contributed by atoms with Crippen molar-refractivity contribution in [3.63, 3.8) is 0 Å². The number of anilines is 2. The summed E-state index contributed by atoms with van der Waals surface area (Å²) in [4.78, 5) is 26.5. The second-order valence-electron chi connectivity index (χ2n) is 6.42. The highest BCUT2D eigenvalue weighted by molar-refractivity contribution is 5.95. The smallest absolute Gasteiger partial charge is 0.238 e. The number of ether oxygens (including phenoxy) is 1. The summed E-state index contributed by atoms with van der Waals surface area (Å²) in [5, 5.41) is 5.74. The van der Waals surface area contributed by atoms with E-state index in [1.54, 1.807) is 24.1 Å². The van der Waals surface area contributed by atoms with Gasteiger partial charge in [-0.05, 0) is 44.2 Å². The quantitative estimate of drug-likeness (QED) is 0.750. The Hall–Kier alpha value is -2.86. The Bertz CT molecular complexity index is 805. The van der Waals surface area contributed by atoms with Crippen molar-refractivity contribution in [3.8, 4) is 5.75 Å². The van der Waals surface area contributed by atoms with Crippen LogP contribution in [-0.4, -0.2) is 43.5 Å². The van der Waals surface area contributed by atoms with Crippen LogP contribution in [-0.2, 0) is 9.59 Å². The maximum absolute atomic E-state index is 12.4. The first kappa shape index (κ1) is 20.5.